The van der Waals surface area contributed by atoms with E-state index in [-0.39, 0.29) is 12.8 Å². The second-order valence-corrected chi connectivity index (χ2v) is 8.07. The normalized spacial score (nSPS) is 18.7. The number of rotatable bonds is 11. The van der Waals surface area contributed by atoms with E-state index in [1.807, 2.05) is 0 Å². The monoisotopic (exact) mass is 452 g/mol. The third-order valence-corrected chi connectivity index (χ3v) is 5.58. The van der Waals surface area contributed by atoms with E-state index in [2.05, 4.69) is 0 Å². The van der Waals surface area contributed by atoms with Gasteiger partial charge in [0.1, 0.15) is 41.1 Å². The van der Waals surface area contributed by atoms with Gasteiger partial charge in [0.25, 0.3) is 0 Å². The molecule has 0 heterocycles. The van der Waals surface area contributed by atoms with Gasteiger partial charge >= 0.3 is 0 Å². The van der Waals surface area contributed by atoms with Crippen molar-refractivity contribution in [3.8, 4) is 0 Å². The molecule has 8 heteroatoms. The summed E-state index contributed by atoms with van der Waals surface area (Å²) in [6, 6.07) is 10.1. The zero-order valence-electron chi connectivity index (χ0n) is 17.8. The van der Waals surface area contributed by atoms with Crippen LogP contribution in [0.1, 0.15) is 24.5 Å². The number of benzene rings is 2. The van der Waals surface area contributed by atoms with Crippen molar-refractivity contribution >= 4 is 0 Å². The molecule has 0 fully saturated rings. The molecule has 32 heavy (non-hydrogen) atoms. The van der Waals surface area contributed by atoms with E-state index in [0.29, 0.717) is 11.1 Å². The summed E-state index contributed by atoms with van der Waals surface area (Å²) in [5, 5.41) is 64.0. The lowest BCUT2D eigenvalue weighted by Gasteiger charge is -2.46. The number of aliphatic hydroxyl groups excluding tert-OH is 4. The Bertz CT molecular complexity index is 873. The SMILES string of the molecule is C/C=C/CC(O)(Cc1ccc(F)cc1)[C@@H](O)[C@@](O)(Cc1ccc(F)cc1)[C@H](O)[C@@H](O)CO. The van der Waals surface area contributed by atoms with E-state index < -0.39 is 54.2 Å². The number of aliphatic hydroxyl groups is 6. The third kappa shape index (κ3) is 6.19. The highest BCUT2D eigenvalue weighted by Gasteiger charge is 2.53. The Morgan fingerprint density at radius 1 is 0.844 bits per heavy atom. The molecule has 0 aliphatic heterocycles. The van der Waals surface area contributed by atoms with E-state index in [1.54, 1.807) is 19.1 Å². The van der Waals surface area contributed by atoms with Crippen molar-refractivity contribution in [2.24, 2.45) is 0 Å². The summed E-state index contributed by atoms with van der Waals surface area (Å²) in [4.78, 5) is 0. The van der Waals surface area contributed by atoms with Crippen LogP contribution in [0.4, 0.5) is 8.78 Å². The summed E-state index contributed by atoms with van der Waals surface area (Å²) < 4.78 is 26.6. The largest absolute Gasteiger partial charge is 0.394 e. The van der Waals surface area contributed by atoms with Crippen molar-refractivity contribution < 1.29 is 39.4 Å². The van der Waals surface area contributed by atoms with Crippen molar-refractivity contribution in [2.75, 3.05) is 6.61 Å². The number of hydrogen-bond donors (Lipinski definition) is 6. The number of allylic oxidation sites excluding steroid dienone is 1. The molecule has 0 aliphatic rings. The predicted octanol–water partition coefficient (Wildman–Crippen LogP) is 1.25. The van der Waals surface area contributed by atoms with Gasteiger partial charge in [0, 0.05) is 12.8 Å². The number of halogens is 2. The molecule has 5 atom stereocenters. The molecule has 2 aromatic carbocycles. The fraction of sp³-hybridized carbons (Fsp3) is 0.417. The molecule has 0 spiro atoms. The van der Waals surface area contributed by atoms with Crippen molar-refractivity contribution in [1.82, 2.24) is 0 Å². The lowest BCUT2D eigenvalue weighted by molar-refractivity contribution is -0.228. The highest BCUT2D eigenvalue weighted by atomic mass is 19.1. The van der Waals surface area contributed by atoms with E-state index >= 15 is 0 Å². The maximum Gasteiger partial charge on any atom is 0.126 e. The van der Waals surface area contributed by atoms with E-state index in [0.717, 1.165) is 12.1 Å². The van der Waals surface area contributed by atoms with Crippen LogP contribution in [0.25, 0.3) is 0 Å². The first-order chi connectivity index (χ1) is 15.1. The summed E-state index contributed by atoms with van der Waals surface area (Å²) in [6.07, 6.45) is -3.56. The van der Waals surface area contributed by atoms with Gasteiger partial charge in [-0.15, -0.1) is 0 Å². The predicted molar refractivity (Wildman–Crippen MR) is 115 cm³/mol. The minimum atomic E-state index is -2.53. The van der Waals surface area contributed by atoms with Crippen LogP contribution in [0, 0.1) is 11.6 Å². The summed E-state index contributed by atoms with van der Waals surface area (Å²) in [7, 11) is 0. The van der Waals surface area contributed by atoms with Gasteiger partial charge in [0.15, 0.2) is 0 Å². The minimum absolute atomic E-state index is 0.143. The summed E-state index contributed by atoms with van der Waals surface area (Å²) in [5.74, 6) is -1.02. The molecule has 1 unspecified atom stereocenters. The van der Waals surface area contributed by atoms with Crippen molar-refractivity contribution in [2.45, 2.75) is 55.7 Å². The molecule has 0 saturated carbocycles. The van der Waals surface area contributed by atoms with Gasteiger partial charge in [-0.25, -0.2) is 8.78 Å². The molecule has 176 valence electrons. The van der Waals surface area contributed by atoms with Crippen LogP contribution < -0.4 is 0 Å². The first-order valence-electron chi connectivity index (χ1n) is 10.3. The highest BCUT2D eigenvalue weighted by molar-refractivity contribution is 5.24. The molecule has 2 aromatic rings. The van der Waals surface area contributed by atoms with Gasteiger partial charge in [-0.1, -0.05) is 36.4 Å². The van der Waals surface area contributed by atoms with Crippen molar-refractivity contribution in [3.05, 3.63) is 83.4 Å². The van der Waals surface area contributed by atoms with Crippen LogP contribution in [0.2, 0.25) is 0 Å². The maximum absolute atomic E-state index is 13.3. The molecule has 0 saturated heterocycles. The Hall–Kier alpha value is -2.20. The van der Waals surface area contributed by atoms with Gasteiger partial charge in [-0.05, 0) is 48.7 Å². The summed E-state index contributed by atoms with van der Waals surface area (Å²) in [6.45, 7) is 0.782. The Morgan fingerprint density at radius 2 is 1.31 bits per heavy atom. The topological polar surface area (TPSA) is 121 Å². The van der Waals surface area contributed by atoms with E-state index in [4.69, 9.17) is 0 Å². The van der Waals surface area contributed by atoms with Crippen molar-refractivity contribution in [3.63, 3.8) is 0 Å². The Balaban J connectivity index is 2.50. The Morgan fingerprint density at radius 3 is 1.75 bits per heavy atom. The first kappa shape index (κ1) is 26.1. The quantitative estimate of drug-likeness (QED) is 0.286. The van der Waals surface area contributed by atoms with Crippen LogP contribution in [0.5, 0.6) is 0 Å². The molecule has 0 radical (unpaired) electrons. The maximum atomic E-state index is 13.3. The number of hydrogen-bond acceptors (Lipinski definition) is 6. The lowest BCUT2D eigenvalue weighted by Crippen LogP contribution is -2.66. The van der Waals surface area contributed by atoms with Crippen molar-refractivity contribution in [1.29, 1.82) is 0 Å². The van der Waals surface area contributed by atoms with Crippen LogP contribution in [0.3, 0.4) is 0 Å². The lowest BCUT2D eigenvalue weighted by atomic mass is 9.72. The second-order valence-electron chi connectivity index (χ2n) is 8.07. The fourth-order valence-electron chi connectivity index (χ4n) is 3.75. The first-order valence-corrected chi connectivity index (χ1v) is 10.3. The van der Waals surface area contributed by atoms with Gasteiger partial charge in [0.2, 0.25) is 0 Å². The molecule has 2 rings (SSSR count). The van der Waals surface area contributed by atoms with Gasteiger partial charge in [-0.2, -0.15) is 0 Å². The Kier molecular flexibility index (Phi) is 9.03. The Labute approximate surface area is 185 Å². The fourth-order valence-corrected chi connectivity index (χ4v) is 3.75. The molecule has 6 N–H and O–H groups in total. The van der Waals surface area contributed by atoms with Gasteiger partial charge < -0.3 is 30.6 Å². The zero-order chi connectivity index (χ0) is 23.9. The molecule has 0 bridgehead atoms. The molecular weight excluding hydrogens is 422 g/mol. The standard InChI is InChI=1S/C24H30F2O6/c1-2-3-12-23(31,13-16-4-8-18(25)9-5-16)22(30)24(32,21(29)20(28)15-27)14-17-6-10-19(26)11-7-17/h2-11,20-22,27-32H,12-15H2,1H3/b3-2+/t20-,21+,22+,23?,24+/m0/s1. The molecule has 0 aromatic heterocycles. The van der Waals surface area contributed by atoms with Crippen LogP contribution in [-0.4, -0.2) is 66.8 Å². The van der Waals surface area contributed by atoms with Gasteiger partial charge in [0.05, 0.1) is 6.61 Å². The molecule has 0 aliphatic carbocycles. The third-order valence-electron chi connectivity index (χ3n) is 5.58. The van der Waals surface area contributed by atoms with E-state index in [1.165, 1.54) is 36.4 Å². The average Bonchev–Trinajstić information content (AvgIpc) is 2.79. The molecule has 0 amide bonds. The van der Waals surface area contributed by atoms with Crippen LogP contribution in [0.15, 0.2) is 60.7 Å². The van der Waals surface area contributed by atoms with Gasteiger partial charge in [-0.3, -0.25) is 0 Å². The molecule has 6 nitrogen and oxygen atoms in total. The van der Waals surface area contributed by atoms with E-state index in [9.17, 15) is 39.4 Å². The highest BCUT2D eigenvalue weighted by Crippen LogP contribution is 2.34. The second kappa shape index (κ2) is 11.1. The van der Waals surface area contributed by atoms with Crippen LogP contribution >= 0.6 is 0 Å². The minimum Gasteiger partial charge on any atom is -0.394 e. The summed E-state index contributed by atoms with van der Waals surface area (Å²) in [5.41, 5.74) is -3.81. The van der Waals surface area contributed by atoms with Crippen LogP contribution in [-0.2, 0) is 12.8 Å². The smallest absolute Gasteiger partial charge is 0.126 e. The summed E-state index contributed by atoms with van der Waals surface area (Å²) >= 11 is 0. The molecular formula is C24H30F2O6. The zero-order valence-corrected chi connectivity index (χ0v) is 17.8. The average molecular weight is 452 g/mol.